The highest BCUT2D eigenvalue weighted by molar-refractivity contribution is 5.83. The molecule has 4 nitrogen and oxygen atoms in total. The molecule has 1 aliphatic rings. The molecule has 0 spiro atoms. The Hall–Kier alpha value is -0.920. The van der Waals surface area contributed by atoms with Crippen LogP contribution in [0, 0.1) is 11.3 Å². The van der Waals surface area contributed by atoms with Gasteiger partial charge in [0.05, 0.1) is 18.7 Å². The van der Waals surface area contributed by atoms with Crippen molar-refractivity contribution in [3.8, 4) is 6.07 Å². The predicted molar refractivity (Wildman–Crippen MR) is 51.7 cm³/mol. The molecule has 2 atom stereocenters. The molecule has 1 fully saturated rings. The fourth-order valence-corrected chi connectivity index (χ4v) is 1.60. The Morgan fingerprint density at radius 1 is 1.79 bits per heavy atom. The number of hydrogen-bond acceptors (Lipinski definition) is 4. The monoisotopic (exact) mass is 196 g/mol. The van der Waals surface area contributed by atoms with Gasteiger partial charge < -0.3 is 4.74 Å². The molecule has 0 aliphatic carbocycles. The van der Waals surface area contributed by atoms with Crippen molar-refractivity contribution >= 4 is 5.78 Å². The van der Waals surface area contributed by atoms with E-state index in [0.29, 0.717) is 19.6 Å². The summed E-state index contributed by atoms with van der Waals surface area (Å²) in [5.74, 6) is 0.226. The van der Waals surface area contributed by atoms with Crippen LogP contribution in [0.2, 0.25) is 0 Å². The summed E-state index contributed by atoms with van der Waals surface area (Å²) < 4.78 is 5.21. The van der Waals surface area contributed by atoms with E-state index in [0.717, 1.165) is 6.54 Å². The van der Waals surface area contributed by atoms with E-state index in [1.54, 1.807) is 0 Å². The van der Waals surface area contributed by atoms with E-state index in [4.69, 9.17) is 10.00 Å². The first-order valence-electron chi connectivity index (χ1n) is 4.97. The van der Waals surface area contributed by atoms with Gasteiger partial charge in [-0.25, -0.2) is 0 Å². The molecule has 1 rings (SSSR count). The van der Waals surface area contributed by atoms with Gasteiger partial charge in [-0.1, -0.05) is 6.92 Å². The van der Waals surface area contributed by atoms with Crippen LogP contribution in [-0.2, 0) is 9.53 Å². The van der Waals surface area contributed by atoms with E-state index >= 15 is 0 Å². The van der Waals surface area contributed by atoms with Crippen LogP contribution < -0.4 is 0 Å². The smallest absolute Gasteiger partial charge is 0.156 e. The third kappa shape index (κ3) is 2.53. The van der Waals surface area contributed by atoms with E-state index in [1.165, 1.54) is 0 Å². The van der Waals surface area contributed by atoms with E-state index < -0.39 is 0 Å². The number of Topliss-reactive ketones (excluding diaryl/α,β-unsaturated/α-hetero) is 1. The Morgan fingerprint density at radius 2 is 2.50 bits per heavy atom. The second-order valence-electron chi connectivity index (χ2n) is 3.48. The third-order valence-corrected chi connectivity index (χ3v) is 2.60. The molecule has 1 heterocycles. The number of nitriles is 1. The van der Waals surface area contributed by atoms with Gasteiger partial charge in [0.1, 0.15) is 5.78 Å². The normalized spacial score (nSPS) is 25.4. The molecular weight excluding hydrogens is 180 g/mol. The molecule has 0 saturated carbocycles. The Bertz CT molecular complexity index is 247. The molecule has 1 saturated heterocycles. The Labute approximate surface area is 84.4 Å². The molecular formula is C10H16N2O2. The van der Waals surface area contributed by atoms with Crippen molar-refractivity contribution in [2.45, 2.75) is 32.4 Å². The number of ether oxygens (including phenoxy) is 1. The highest BCUT2D eigenvalue weighted by Gasteiger charge is 2.26. The summed E-state index contributed by atoms with van der Waals surface area (Å²) in [6.45, 7) is 5.58. The molecule has 4 heteroatoms. The lowest BCUT2D eigenvalue weighted by molar-refractivity contribution is -0.125. The topological polar surface area (TPSA) is 53.3 Å². The lowest BCUT2D eigenvalue weighted by Gasteiger charge is -2.33. The van der Waals surface area contributed by atoms with Gasteiger partial charge in [0.25, 0.3) is 0 Å². The summed E-state index contributed by atoms with van der Waals surface area (Å²) in [5.41, 5.74) is 0. The Morgan fingerprint density at radius 3 is 3.07 bits per heavy atom. The summed E-state index contributed by atoms with van der Waals surface area (Å²) in [4.78, 5) is 13.5. The van der Waals surface area contributed by atoms with Gasteiger partial charge in [0.15, 0.2) is 6.10 Å². The average molecular weight is 196 g/mol. The van der Waals surface area contributed by atoms with Gasteiger partial charge in [0, 0.05) is 19.5 Å². The first-order valence-corrected chi connectivity index (χ1v) is 4.97. The van der Waals surface area contributed by atoms with Crippen molar-refractivity contribution in [3.63, 3.8) is 0 Å². The van der Waals surface area contributed by atoms with Crippen LogP contribution in [0.15, 0.2) is 0 Å². The number of nitrogens with zero attached hydrogens (tertiary/aromatic N) is 2. The summed E-state index contributed by atoms with van der Waals surface area (Å²) in [7, 11) is 0. The summed E-state index contributed by atoms with van der Waals surface area (Å²) in [5, 5.41) is 8.70. The minimum Gasteiger partial charge on any atom is -0.361 e. The van der Waals surface area contributed by atoms with Crippen molar-refractivity contribution in [1.29, 1.82) is 5.26 Å². The van der Waals surface area contributed by atoms with Gasteiger partial charge in [-0.2, -0.15) is 5.26 Å². The molecule has 0 aromatic heterocycles. The number of ketones is 1. The lowest BCUT2D eigenvalue weighted by atomic mass is 10.1. The van der Waals surface area contributed by atoms with Gasteiger partial charge in [-0.15, -0.1) is 0 Å². The SMILES string of the molecule is CCC(=O)C(C)N1CCOC(C#N)C1. The Balaban J connectivity index is 2.52. The van der Waals surface area contributed by atoms with Crippen molar-refractivity contribution in [2.75, 3.05) is 19.7 Å². The second kappa shape index (κ2) is 5.08. The van der Waals surface area contributed by atoms with Gasteiger partial charge in [-0.05, 0) is 6.92 Å². The molecule has 2 unspecified atom stereocenters. The van der Waals surface area contributed by atoms with E-state index in [2.05, 4.69) is 6.07 Å². The van der Waals surface area contributed by atoms with Crippen LogP contribution in [0.5, 0.6) is 0 Å². The first kappa shape index (κ1) is 11.2. The van der Waals surface area contributed by atoms with E-state index in [-0.39, 0.29) is 17.9 Å². The highest BCUT2D eigenvalue weighted by Crippen LogP contribution is 2.10. The quantitative estimate of drug-likeness (QED) is 0.662. The molecule has 0 radical (unpaired) electrons. The molecule has 1 aliphatic heterocycles. The minimum atomic E-state index is -0.379. The molecule has 0 amide bonds. The maximum atomic E-state index is 11.4. The number of morpholine rings is 1. The van der Waals surface area contributed by atoms with Crippen LogP contribution in [0.1, 0.15) is 20.3 Å². The zero-order valence-electron chi connectivity index (χ0n) is 8.69. The van der Waals surface area contributed by atoms with Gasteiger partial charge >= 0.3 is 0 Å². The maximum absolute atomic E-state index is 11.4. The number of rotatable bonds is 3. The van der Waals surface area contributed by atoms with Crippen molar-refractivity contribution in [1.82, 2.24) is 4.90 Å². The van der Waals surface area contributed by atoms with E-state index in [1.807, 2.05) is 18.7 Å². The van der Waals surface area contributed by atoms with Crippen LogP contribution in [0.4, 0.5) is 0 Å². The van der Waals surface area contributed by atoms with Crippen LogP contribution >= 0.6 is 0 Å². The van der Waals surface area contributed by atoms with Crippen LogP contribution in [-0.4, -0.2) is 42.5 Å². The molecule has 78 valence electrons. The summed E-state index contributed by atoms with van der Waals surface area (Å²) >= 11 is 0. The van der Waals surface area contributed by atoms with Gasteiger partial charge in [0.2, 0.25) is 0 Å². The standard InChI is InChI=1S/C10H16N2O2/c1-3-10(13)8(2)12-4-5-14-9(6-11)7-12/h8-9H,3-5,7H2,1-2H3. The minimum absolute atomic E-state index is 0.0836. The molecule has 0 N–H and O–H groups in total. The lowest BCUT2D eigenvalue weighted by Crippen LogP contribution is -2.48. The Kier molecular flexibility index (Phi) is 4.05. The van der Waals surface area contributed by atoms with Crippen LogP contribution in [0.25, 0.3) is 0 Å². The second-order valence-corrected chi connectivity index (χ2v) is 3.48. The largest absolute Gasteiger partial charge is 0.361 e. The first-order chi connectivity index (χ1) is 6.69. The predicted octanol–water partition coefficient (Wildman–Crippen LogP) is 0.578. The molecule has 0 aromatic rings. The average Bonchev–Trinajstić information content (AvgIpc) is 2.27. The van der Waals surface area contributed by atoms with Crippen molar-refractivity contribution < 1.29 is 9.53 Å². The molecule has 14 heavy (non-hydrogen) atoms. The van der Waals surface area contributed by atoms with E-state index in [9.17, 15) is 4.79 Å². The number of carbonyl (C=O) groups excluding carboxylic acids is 1. The summed E-state index contributed by atoms with van der Waals surface area (Å²) in [6, 6.07) is 1.99. The fourth-order valence-electron chi connectivity index (χ4n) is 1.60. The zero-order valence-corrected chi connectivity index (χ0v) is 8.69. The highest BCUT2D eigenvalue weighted by atomic mass is 16.5. The fraction of sp³-hybridized carbons (Fsp3) is 0.800. The number of carbonyl (C=O) groups is 1. The van der Waals surface area contributed by atoms with Crippen molar-refractivity contribution in [2.24, 2.45) is 0 Å². The van der Waals surface area contributed by atoms with Crippen molar-refractivity contribution in [3.05, 3.63) is 0 Å². The maximum Gasteiger partial charge on any atom is 0.156 e. The third-order valence-electron chi connectivity index (χ3n) is 2.60. The van der Waals surface area contributed by atoms with Gasteiger partial charge in [-0.3, -0.25) is 9.69 Å². The van der Waals surface area contributed by atoms with Crippen LogP contribution in [0.3, 0.4) is 0 Å². The summed E-state index contributed by atoms with van der Waals surface area (Å²) in [6.07, 6.45) is 0.172. The molecule has 0 aromatic carbocycles. The zero-order chi connectivity index (χ0) is 10.6. The number of hydrogen-bond donors (Lipinski definition) is 0. The molecule has 0 bridgehead atoms.